The van der Waals surface area contributed by atoms with E-state index in [-0.39, 0.29) is 11.5 Å². The van der Waals surface area contributed by atoms with Crippen molar-refractivity contribution < 1.29 is 19.0 Å². The van der Waals surface area contributed by atoms with Crippen LogP contribution in [0.4, 0.5) is 4.79 Å². The number of allylic oxidation sites excluding steroid dienone is 3. The van der Waals surface area contributed by atoms with Crippen molar-refractivity contribution in [3.05, 3.63) is 89.0 Å². The molecule has 5 nitrogen and oxygen atoms in total. The zero-order chi connectivity index (χ0) is 43.1. The summed E-state index contributed by atoms with van der Waals surface area (Å²) >= 11 is 0. The van der Waals surface area contributed by atoms with Crippen LogP contribution in [0.5, 0.6) is 5.75 Å². The first-order valence-corrected chi connectivity index (χ1v) is 24.7. The summed E-state index contributed by atoms with van der Waals surface area (Å²) in [6.07, 6.45) is 34.8. The first-order valence-electron chi connectivity index (χ1n) is 24.7. The number of rotatable bonds is 22. The SMILES string of the molecule is CC(C)CCC[C@@H](C)[C@H]1CC[C@H]2[C@@H]3CC=C4C[C@@H](OC(=O)OCCCCCCCCCCCOc5ccc(/C=C/C=C/c6ccc(C#N)cc6)cc5)CC[C@]4(C)[C@H]3CC[C@]12C. The second-order valence-corrected chi connectivity index (χ2v) is 20.4. The van der Waals surface area contributed by atoms with E-state index in [4.69, 9.17) is 19.5 Å². The molecule has 0 aliphatic heterocycles. The molecule has 2 aromatic carbocycles. The van der Waals surface area contributed by atoms with E-state index in [1.54, 1.807) is 5.57 Å². The van der Waals surface area contributed by atoms with Crippen LogP contribution >= 0.6 is 0 Å². The molecule has 3 fully saturated rings. The van der Waals surface area contributed by atoms with E-state index in [0.29, 0.717) is 17.6 Å². The van der Waals surface area contributed by atoms with Crippen LogP contribution < -0.4 is 4.74 Å². The van der Waals surface area contributed by atoms with Crippen LogP contribution in [0.3, 0.4) is 0 Å². The Labute approximate surface area is 370 Å². The van der Waals surface area contributed by atoms with Crippen molar-refractivity contribution in [1.82, 2.24) is 0 Å². The number of nitriles is 1. The topological polar surface area (TPSA) is 68.6 Å². The highest BCUT2D eigenvalue weighted by molar-refractivity contribution is 5.60. The molecule has 0 saturated heterocycles. The van der Waals surface area contributed by atoms with Gasteiger partial charge in [0, 0.05) is 6.42 Å². The molecule has 0 unspecified atom stereocenters. The highest BCUT2D eigenvalue weighted by Gasteiger charge is 2.59. The molecule has 4 aliphatic rings. The van der Waals surface area contributed by atoms with Crippen molar-refractivity contribution >= 4 is 18.3 Å². The number of unbranched alkanes of at least 4 members (excludes halogenated alkanes) is 8. The van der Waals surface area contributed by atoms with Crippen molar-refractivity contribution in [2.24, 2.45) is 46.3 Å². The summed E-state index contributed by atoms with van der Waals surface area (Å²) < 4.78 is 17.5. The predicted molar refractivity (Wildman–Crippen MR) is 252 cm³/mol. The fraction of sp³-hybridized carbons (Fsp3) is 0.643. The lowest BCUT2D eigenvalue weighted by molar-refractivity contribution is -0.0617. The van der Waals surface area contributed by atoms with Crippen molar-refractivity contribution in [2.75, 3.05) is 13.2 Å². The predicted octanol–water partition coefficient (Wildman–Crippen LogP) is 15.7. The molecule has 0 radical (unpaired) electrons. The first-order chi connectivity index (χ1) is 29.6. The van der Waals surface area contributed by atoms with E-state index in [2.05, 4.69) is 65.0 Å². The number of hydrogen-bond donors (Lipinski definition) is 0. The van der Waals surface area contributed by atoms with E-state index in [9.17, 15) is 4.79 Å². The standard InChI is InChI=1S/C56H79NO4/c1-42(2)18-17-19-43(3)51-32-33-52-50-31-28-47-40-49(34-36-55(47,4)53(50)35-37-56(51,52)5)61-54(58)60-39-16-12-10-8-6-7-9-11-15-38-59-48-29-26-45(27-30-48)21-14-13-20-44-22-24-46(41-57)25-23-44/h13-14,20-30,42-43,49-53H,6-12,15-19,31-40H2,1-5H3/b20-13+,21-14+/t43-,49+,50+,51-,52+,53+,55+,56-/m1/s1. The highest BCUT2D eigenvalue weighted by atomic mass is 16.7. The summed E-state index contributed by atoms with van der Waals surface area (Å²) in [4.78, 5) is 12.7. The third-order valence-electron chi connectivity index (χ3n) is 15.9. The van der Waals surface area contributed by atoms with Gasteiger partial charge in [-0.05, 0) is 140 Å². The van der Waals surface area contributed by atoms with Gasteiger partial charge in [-0.15, -0.1) is 0 Å². The number of ether oxygens (including phenoxy) is 3. The van der Waals surface area contributed by atoms with Crippen LogP contribution in [-0.2, 0) is 9.47 Å². The second kappa shape index (κ2) is 23.1. The van der Waals surface area contributed by atoms with Crippen molar-refractivity contribution in [3.63, 3.8) is 0 Å². The van der Waals surface area contributed by atoms with Crippen LogP contribution in [0, 0.1) is 57.7 Å². The summed E-state index contributed by atoms with van der Waals surface area (Å²) in [5.41, 5.74) is 5.24. The molecule has 4 aliphatic carbocycles. The average molecular weight is 830 g/mol. The summed E-state index contributed by atoms with van der Waals surface area (Å²) in [6.45, 7) is 13.8. The van der Waals surface area contributed by atoms with Gasteiger partial charge >= 0.3 is 6.16 Å². The Bertz CT molecular complexity index is 1780. The van der Waals surface area contributed by atoms with Gasteiger partial charge in [0.1, 0.15) is 11.9 Å². The lowest BCUT2D eigenvalue weighted by Crippen LogP contribution is -2.51. The van der Waals surface area contributed by atoms with Crippen LogP contribution in [-0.4, -0.2) is 25.5 Å². The number of carbonyl (C=O) groups is 1. The molecule has 61 heavy (non-hydrogen) atoms. The van der Waals surface area contributed by atoms with Gasteiger partial charge in [0.2, 0.25) is 0 Å². The largest absolute Gasteiger partial charge is 0.508 e. The second-order valence-electron chi connectivity index (χ2n) is 20.4. The summed E-state index contributed by atoms with van der Waals surface area (Å²) in [5.74, 6) is 5.98. The lowest BCUT2D eigenvalue weighted by atomic mass is 9.47. The number of nitrogens with zero attached hydrogens (tertiary/aromatic N) is 1. The van der Waals surface area contributed by atoms with E-state index >= 15 is 0 Å². The summed E-state index contributed by atoms with van der Waals surface area (Å²) in [7, 11) is 0. The molecule has 0 heterocycles. The number of fused-ring (bicyclic) bond motifs is 5. The van der Waals surface area contributed by atoms with Gasteiger partial charge in [-0.25, -0.2) is 4.79 Å². The minimum atomic E-state index is -0.463. The molecule has 0 amide bonds. The van der Waals surface area contributed by atoms with Gasteiger partial charge in [-0.2, -0.15) is 5.26 Å². The molecule has 2 aromatic rings. The normalized spacial score (nSPS) is 27.6. The van der Waals surface area contributed by atoms with Gasteiger partial charge in [-0.3, -0.25) is 0 Å². The molecule has 6 rings (SSSR count). The van der Waals surface area contributed by atoms with Crippen molar-refractivity contribution in [2.45, 2.75) is 169 Å². The van der Waals surface area contributed by atoms with E-state index in [0.717, 1.165) is 97.5 Å². The molecule has 332 valence electrons. The van der Waals surface area contributed by atoms with Gasteiger partial charge in [0.25, 0.3) is 0 Å². The minimum absolute atomic E-state index is 0.0392. The van der Waals surface area contributed by atoms with Crippen LogP contribution in [0.25, 0.3) is 12.2 Å². The molecule has 5 heteroatoms. The van der Waals surface area contributed by atoms with Gasteiger partial charge in [0.15, 0.2) is 0 Å². The molecule has 0 aromatic heterocycles. The molecule has 0 spiro atoms. The molecule has 3 saturated carbocycles. The minimum Gasteiger partial charge on any atom is -0.494 e. The molecular formula is C56H79NO4. The molecular weight excluding hydrogens is 751 g/mol. The zero-order valence-electron chi connectivity index (χ0n) is 38.7. The Hall–Kier alpha value is -3.78. The summed E-state index contributed by atoms with van der Waals surface area (Å²) in [5, 5.41) is 8.93. The van der Waals surface area contributed by atoms with E-state index in [1.807, 2.05) is 54.6 Å². The van der Waals surface area contributed by atoms with Gasteiger partial charge in [-0.1, -0.05) is 159 Å². The van der Waals surface area contributed by atoms with Crippen LogP contribution in [0.1, 0.15) is 180 Å². The first kappa shape index (κ1) is 46.7. The third-order valence-corrected chi connectivity index (χ3v) is 15.9. The van der Waals surface area contributed by atoms with Crippen molar-refractivity contribution in [1.29, 1.82) is 5.26 Å². The third kappa shape index (κ3) is 12.9. The maximum Gasteiger partial charge on any atom is 0.508 e. The van der Waals surface area contributed by atoms with Gasteiger partial charge in [0.05, 0.1) is 24.8 Å². The Morgan fingerprint density at radius 2 is 1.39 bits per heavy atom. The summed E-state index contributed by atoms with van der Waals surface area (Å²) in [6, 6.07) is 17.9. The Morgan fingerprint density at radius 1 is 0.754 bits per heavy atom. The molecule has 0 bridgehead atoms. The highest BCUT2D eigenvalue weighted by Crippen LogP contribution is 2.67. The van der Waals surface area contributed by atoms with Gasteiger partial charge < -0.3 is 14.2 Å². The van der Waals surface area contributed by atoms with Crippen LogP contribution in [0.15, 0.2) is 72.3 Å². The molecule has 8 atom stereocenters. The van der Waals surface area contributed by atoms with E-state index < -0.39 is 6.16 Å². The number of carbonyl (C=O) groups excluding carboxylic acids is 1. The zero-order valence-corrected chi connectivity index (χ0v) is 38.7. The van der Waals surface area contributed by atoms with E-state index in [1.165, 1.54) is 89.9 Å². The fourth-order valence-electron chi connectivity index (χ4n) is 12.4. The number of benzene rings is 2. The quantitative estimate of drug-likeness (QED) is 0.0512. The molecule has 0 N–H and O–H groups in total. The Balaban J connectivity index is 0.769. The average Bonchev–Trinajstić information content (AvgIpc) is 3.62. The van der Waals surface area contributed by atoms with Crippen LogP contribution in [0.2, 0.25) is 0 Å². The Morgan fingerprint density at radius 3 is 2.05 bits per heavy atom. The maximum absolute atomic E-state index is 12.7. The lowest BCUT2D eigenvalue weighted by Gasteiger charge is -2.58. The maximum atomic E-state index is 12.7. The van der Waals surface area contributed by atoms with Crippen molar-refractivity contribution in [3.8, 4) is 11.8 Å². The number of hydrogen-bond acceptors (Lipinski definition) is 5. The monoisotopic (exact) mass is 830 g/mol. The smallest absolute Gasteiger partial charge is 0.494 e. The Kier molecular flexibility index (Phi) is 17.7. The fourth-order valence-corrected chi connectivity index (χ4v) is 12.4.